The molecule has 1 N–H and O–H groups in total. The van der Waals surface area contributed by atoms with Crippen LogP contribution in [-0.2, 0) is 13.0 Å². The van der Waals surface area contributed by atoms with E-state index in [2.05, 4.69) is 4.98 Å². The van der Waals surface area contributed by atoms with Crippen molar-refractivity contribution in [3.05, 3.63) is 48.0 Å². The average Bonchev–Trinajstić information content (AvgIpc) is 3.06. The fourth-order valence-corrected chi connectivity index (χ4v) is 2.58. The first kappa shape index (κ1) is 12.2. The number of nitrogens with zero attached hydrogens (tertiary/aromatic N) is 2. The Kier molecular flexibility index (Phi) is 3.51. The van der Waals surface area contributed by atoms with Gasteiger partial charge in [-0.1, -0.05) is 12.1 Å². The van der Waals surface area contributed by atoms with Crippen LogP contribution >= 0.6 is 0 Å². The van der Waals surface area contributed by atoms with Gasteiger partial charge in [-0.05, 0) is 30.9 Å². The number of aliphatic hydroxyl groups excluding tert-OH is 1. The molecule has 0 aliphatic heterocycles. The molecule has 1 aromatic heterocycles. The lowest BCUT2D eigenvalue weighted by atomic mass is 10.1. The average molecular weight is 258 g/mol. The number of fused-ring (bicyclic) bond motifs is 1. The Morgan fingerprint density at radius 2 is 2.37 bits per heavy atom. The summed E-state index contributed by atoms with van der Waals surface area (Å²) in [5, 5.41) is 9.84. The predicted molar refractivity (Wildman–Crippen MR) is 72.1 cm³/mol. The highest BCUT2D eigenvalue weighted by molar-refractivity contribution is 5.44. The van der Waals surface area contributed by atoms with E-state index in [0.717, 1.165) is 37.1 Å². The molecular weight excluding hydrogens is 240 g/mol. The van der Waals surface area contributed by atoms with Crippen molar-refractivity contribution in [2.75, 3.05) is 6.61 Å². The van der Waals surface area contributed by atoms with E-state index < -0.39 is 0 Å². The van der Waals surface area contributed by atoms with E-state index in [9.17, 15) is 5.11 Å². The molecule has 4 nitrogen and oxygen atoms in total. The van der Waals surface area contributed by atoms with Crippen LogP contribution in [0.2, 0.25) is 0 Å². The molecule has 0 saturated heterocycles. The van der Waals surface area contributed by atoms with Crippen LogP contribution in [0, 0.1) is 0 Å². The lowest BCUT2D eigenvalue weighted by Crippen LogP contribution is -2.04. The zero-order valence-corrected chi connectivity index (χ0v) is 10.8. The van der Waals surface area contributed by atoms with Gasteiger partial charge in [-0.15, -0.1) is 0 Å². The first-order valence-corrected chi connectivity index (χ1v) is 6.73. The second kappa shape index (κ2) is 5.45. The minimum Gasteiger partial charge on any atom is -0.493 e. The summed E-state index contributed by atoms with van der Waals surface area (Å²) in [6, 6.07) is 5.94. The second-order valence-corrected chi connectivity index (χ2v) is 4.88. The summed E-state index contributed by atoms with van der Waals surface area (Å²) < 4.78 is 7.89. The van der Waals surface area contributed by atoms with E-state index in [0.29, 0.717) is 6.61 Å². The maximum absolute atomic E-state index is 9.84. The van der Waals surface area contributed by atoms with E-state index in [1.165, 1.54) is 5.56 Å². The summed E-state index contributed by atoms with van der Waals surface area (Å²) in [5.41, 5.74) is 2.21. The van der Waals surface area contributed by atoms with Crippen LogP contribution in [0.25, 0.3) is 0 Å². The first-order chi connectivity index (χ1) is 9.34. The molecule has 4 heteroatoms. The second-order valence-electron chi connectivity index (χ2n) is 4.88. The number of aromatic nitrogens is 2. The summed E-state index contributed by atoms with van der Waals surface area (Å²) in [5.74, 6) is 0.930. The van der Waals surface area contributed by atoms with Crippen molar-refractivity contribution in [1.82, 2.24) is 9.55 Å². The number of rotatable bonds is 5. The number of hydrogen-bond acceptors (Lipinski definition) is 3. The molecule has 1 aliphatic rings. The van der Waals surface area contributed by atoms with Crippen LogP contribution in [0.3, 0.4) is 0 Å². The lowest BCUT2D eigenvalue weighted by molar-refractivity contribution is 0.180. The minimum atomic E-state index is -0.315. The highest BCUT2D eigenvalue weighted by atomic mass is 16.5. The summed E-state index contributed by atoms with van der Waals surface area (Å²) in [6.07, 6.45) is 7.91. The number of benzene rings is 1. The summed E-state index contributed by atoms with van der Waals surface area (Å²) in [7, 11) is 0. The molecule has 0 radical (unpaired) electrons. The smallest absolute Gasteiger partial charge is 0.122 e. The van der Waals surface area contributed by atoms with Gasteiger partial charge in [0, 0.05) is 24.5 Å². The normalized spacial score (nSPS) is 17.4. The van der Waals surface area contributed by atoms with E-state index in [1.807, 2.05) is 35.3 Å². The number of imidazole rings is 1. The van der Waals surface area contributed by atoms with Gasteiger partial charge in [-0.2, -0.15) is 0 Å². The summed E-state index contributed by atoms with van der Waals surface area (Å²) in [6.45, 7) is 1.60. The molecule has 1 heterocycles. The van der Waals surface area contributed by atoms with Gasteiger partial charge in [0.05, 0.1) is 19.0 Å². The van der Waals surface area contributed by atoms with Gasteiger partial charge in [0.15, 0.2) is 0 Å². The molecule has 1 aromatic carbocycles. The predicted octanol–water partition coefficient (Wildman–Crippen LogP) is 2.33. The van der Waals surface area contributed by atoms with Gasteiger partial charge in [-0.3, -0.25) is 0 Å². The Morgan fingerprint density at radius 3 is 3.21 bits per heavy atom. The minimum absolute atomic E-state index is 0.315. The van der Waals surface area contributed by atoms with Gasteiger partial charge in [0.2, 0.25) is 0 Å². The van der Waals surface area contributed by atoms with Crippen molar-refractivity contribution in [1.29, 1.82) is 0 Å². The van der Waals surface area contributed by atoms with Gasteiger partial charge in [-0.25, -0.2) is 4.98 Å². The Balaban J connectivity index is 1.56. The van der Waals surface area contributed by atoms with Crippen LogP contribution in [0.15, 0.2) is 36.9 Å². The molecule has 0 spiro atoms. The highest BCUT2D eigenvalue weighted by Gasteiger charge is 2.22. The zero-order valence-electron chi connectivity index (χ0n) is 10.8. The van der Waals surface area contributed by atoms with E-state index >= 15 is 0 Å². The summed E-state index contributed by atoms with van der Waals surface area (Å²) >= 11 is 0. The van der Waals surface area contributed by atoms with Crippen molar-refractivity contribution in [2.45, 2.75) is 31.9 Å². The first-order valence-electron chi connectivity index (χ1n) is 6.73. The van der Waals surface area contributed by atoms with Gasteiger partial charge >= 0.3 is 0 Å². The number of aryl methyl sites for hydroxylation is 1. The molecule has 3 rings (SSSR count). The molecule has 1 atom stereocenters. The Labute approximate surface area is 112 Å². The summed E-state index contributed by atoms with van der Waals surface area (Å²) in [4.78, 5) is 4.01. The molecule has 0 bridgehead atoms. The van der Waals surface area contributed by atoms with Crippen molar-refractivity contribution >= 4 is 0 Å². The molecule has 19 heavy (non-hydrogen) atoms. The number of aliphatic hydroxyl groups is 1. The van der Waals surface area contributed by atoms with Crippen LogP contribution in [0.4, 0.5) is 0 Å². The Morgan fingerprint density at radius 1 is 1.42 bits per heavy atom. The number of hydrogen-bond donors (Lipinski definition) is 1. The maximum atomic E-state index is 9.84. The Bertz CT molecular complexity index is 537. The topological polar surface area (TPSA) is 47.3 Å². The fourth-order valence-electron chi connectivity index (χ4n) is 2.58. The van der Waals surface area contributed by atoms with E-state index in [-0.39, 0.29) is 6.10 Å². The van der Waals surface area contributed by atoms with Crippen LogP contribution in [0.1, 0.15) is 30.1 Å². The largest absolute Gasteiger partial charge is 0.493 e. The van der Waals surface area contributed by atoms with Crippen molar-refractivity contribution in [3.8, 4) is 5.75 Å². The highest BCUT2D eigenvalue weighted by Crippen LogP contribution is 2.36. The maximum Gasteiger partial charge on any atom is 0.122 e. The standard InChI is InChI=1S/C15H18N2O2/c18-14-6-5-13-12(14)3-1-4-15(13)19-10-2-8-17-9-7-16-11-17/h1,3-4,7,9,11,14,18H,2,5-6,8,10H2. The SMILES string of the molecule is OC1CCc2c(OCCCn3ccnc3)cccc21. The van der Waals surface area contributed by atoms with Gasteiger partial charge < -0.3 is 14.4 Å². The van der Waals surface area contributed by atoms with Crippen LogP contribution in [0.5, 0.6) is 5.75 Å². The van der Waals surface area contributed by atoms with E-state index in [4.69, 9.17) is 4.74 Å². The third-order valence-corrected chi connectivity index (χ3v) is 3.57. The monoisotopic (exact) mass is 258 g/mol. The van der Waals surface area contributed by atoms with Crippen molar-refractivity contribution in [2.24, 2.45) is 0 Å². The van der Waals surface area contributed by atoms with Crippen LogP contribution < -0.4 is 4.74 Å². The molecule has 0 saturated carbocycles. The Hall–Kier alpha value is -1.81. The zero-order chi connectivity index (χ0) is 13.1. The fraction of sp³-hybridized carbons (Fsp3) is 0.400. The third kappa shape index (κ3) is 2.63. The quantitative estimate of drug-likeness (QED) is 0.837. The molecular formula is C15H18N2O2. The van der Waals surface area contributed by atoms with E-state index in [1.54, 1.807) is 6.20 Å². The van der Waals surface area contributed by atoms with Crippen molar-refractivity contribution < 1.29 is 9.84 Å². The number of ether oxygens (including phenoxy) is 1. The third-order valence-electron chi connectivity index (χ3n) is 3.57. The lowest BCUT2D eigenvalue weighted by Gasteiger charge is -2.11. The molecule has 0 amide bonds. The molecule has 0 fully saturated rings. The van der Waals surface area contributed by atoms with Crippen molar-refractivity contribution in [3.63, 3.8) is 0 Å². The molecule has 1 unspecified atom stereocenters. The van der Waals surface area contributed by atoms with Gasteiger partial charge in [0.1, 0.15) is 5.75 Å². The molecule has 1 aliphatic carbocycles. The van der Waals surface area contributed by atoms with Crippen LogP contribution in [-0.4, -0.2) is 21.3 Å². The molecule has 2 aromatic rings. The van der Waals surface area contributed by atoms with Gasteiger partial charge in [0.25, 0.3) is 0 Å². The molecule has 100 valence electrons.